The van der Waals surface area contributed by atoms with Crippen LogP contribution in [0.5, 0.6) is 0 Å². The second-order valence-corrected chi connectivity index (χ2v) is 5.40. The quantitative estimate of drug-likeness (QED) is 0.854. The molecule has 2 rings (SSSR count). The highest BCUT2D eigenvalue weighted by Gasteiger charge is 2.31. The third kappa shape index (κ3) is 2.76. The van der Waals surface area contributed by atoms with E-state index in [0.717, 1.165) is 17.7 Å². The van der Waals surface area contributed by atoms with Gasteiger partial charge in [-0.1, -0.05) is 15.9 Å². The van der Waals surface area contributed by atoms with Crippen LogP contribution in [-0.2, 0) is 6.18 Å². The van der Waals surface area contributed by atoms with E-state index in [0.29, 0.717) is 10.0 Å². The topological polar surface area (TPSA) is 26.0 Å². The molecule has 1 heterocycles. The molecular weight excluding hydrogens is 327 g/mol. The standard InChI is InChI=1S/C12H9BrF3NS/c13-10-2-1-8(12(14,15)16)5-9(10)11(17)7-3-4-18-6-7/h1-6,11H,17H2/t11-/m1/s1. The first-order valence-electron chi connectivity index (χ1n) is 5.04. The summed E-state index contributed by atoms with van der Waals surface area (Å²) >= 11 is 4.70. The average molecular weight is 336 g/mol. The number of hydrogen-bond donors (Lipinski definition) is 1. The predicted octanol–water partition coefficient (Wildman–Crippen LogP) is 4.58. The Morgan fingerprint density at radius 3 is 2.50 bits per heavy atom. The van der Waals surface area contributed by atoms with Gasteiger partial charge in [0.15, 0.2) is 0 Å². The van der Waals surface area contributed by atoms with Gasteiger partial charge in [-0.2, -0.15) is 24.5 Å². The number of alkyl halides is 3. The third-order valence-electron chi connectivity index (χ3n) is 2.56. The van der Waals surface area contributed by atoms with Crippen LogP contribution in [0.1, 0.15) is 22.7 Å². The molecule has 0 spiro atoms. The number of benzene rings is 1. The van der Waals surface area contributed by atoms with Crippen LogP contribution >= 0.6 is 27.3 Å². The molecule has 2 aromatic rings. The molecule has 0 bridgehead atoms. The molecule has 1 atom stereocenters. The first-order chi connectivity index (χ1) is 8.39. The number of halogens is 4. The molecule has 0 radical (unpaired) electrons. The van der Waals surface area contributed by atoms with E-state index in [9.17, 15) is 13.2 Å². The monoisotopic (exact) mass is 335 g/mol. The van der Waals surface area contributed by atoms with Crippen molar-refractivity contribution in [2.45, 2.75) is 12.2 Å². The molecule has 1 aromatic carbocycles. The van der Waals surface area contributed by atoms with E-state index in [2.05, 4.69) is 15.9 Å². The minimum Gasteiger partial charge on any atom is -0.320 e. The highest BCUT2D eigenvalue weighted by Crippen LogP contribution is 2.35. The van der Waals surface area contributed by atoms with Gasteiger partial charge in [0, 0.05) is 4.47 Å². The van der Waals surface area contributed by atoms with Crippen LogP contribution in [0, 0.1) is 0 Å². The molecule has 0 saturated heterocycles. The minimum atomic E-state index is -4.36. The summed E-state index contributed by atoms with van der Waals surface area (Å²) in [5.74, 6) is 0. The van der Waals surface area contributed by atoms with Gasteiger partial charge in [-0.25, -0.2) is 0 Å². The smallest absolute Gasteiger partial charge is 0.320 e. The maximum absolute atomic E-state index is 12.7. The molecule has 1 aromatic heterocycles. The summed E-state index contributed by atoms with van der Waals surface area (Å²) in [7, 11) is 0. The molecule has 96 valence electrons. The number of thiophene rings is 1. The van der Waals surface area contributed by atoms with E-state index in [1.54, 1.807) is 0 Å². The number of hydrogen-bond acceptors (Lipinski definition) is 2. The first kappa shape index (κ1) is 13.6. The van der Waals surface area contributed by atoms with Crippen LogP contribution in [0.15, 0.2) is 39.5 Å². The predicted molar refractivity (Wildman–Crippen MR) is 69.5 cm³/mol. The zero-order valence-corrected chi connectivity index (χ0v) is 11.4. The molecule has 18 heavy (non-hydrogen) atoms. The van der Waals surface area contributed by atoms with Gasteiger partial charge >= 0.3 is 6.18 Å². The van der Waals surface area contributed by atoms with Gasteiger partial charge in [-0.15, -0.1) is 0 Å². The fourth-order valence-electron chi connectivity index (χ4n) is 1.59. The Morgan fingerprint density at radius 2 is 1.94 bits per heavy atom. The van der Waals surface area contributed by atoms with Gasteiger partial charge in [0.25, 0.3) is 0 Å². The Kier molecular flexibility index (Phi) is 3.79. The molecule has 0 fully saturated rings. The third-order valence-corrected chi connectivity index (χ3v) is 3.98. The van der Waals surface area contributed by atoms with Gasteiger partial charge in [0.2, 0.25) is 0 Å². The molecule has 0 aliphatic carbocycles. The highest BCUT2D eigenvalue weighted by atomic mass is 79.9. The van der Waals surface area contributed by atoms with Crippen molar-refractivity contribution in [1.29, 1.82) is 0 Å². The zero-order chi connectivity index (χ0) is 13.3. The minimum absolute atomic E-state index is 0.434. The van der Waals surface area contributed by atoms with E-state index in [4.69, 9.17) is 5.73 Å². The van der Waals surface area contributed by atoms with E-state index < -0.39 is 17.8 Å². The lowest BCUT2D eigenvalue weighted by molar-refractivity contribution is -0.137. The SMILES string of the molecule is N[C@H](c1ccsc1)c1cc(C(F)(F)F)ccc1Br. The van der Waals surface area contributed by atoms with Crippen LogP contribution < -0.4 is 5.73 Å². The Balaban J connectivity index is 2.44. The van der Waals surface area contributed by atoms with Crippen molar-refractivity contribution >= 4 is 27.3 Å². The van der Waals surface area contributed by atoms with Crippen LogP contribution in [0.2, 0.25) is 0 Å². The molecule has 2 N–H and O–H groups in total. The second-order valence-electron chi connectivity index (χ2n) is 3.77. The van der Waals surface area contributed by atoms with Crippen molar-refractivity contribution in [3.05, 3.63) is 56.2 Å². The van der Waals surface area contributed by atoms with E-state index in [1.807, 2.05) is 16.8 Å². The van der Waals surface area contributed by atoms with Crippen LogP contribution in [0.25, 0.3) is 0 Å². The lowest BCUT2D eigenvalue weighted by atomic mass is 10.00. The lowest BCUT2D eigenvalue weighted by Crippen LogP contribution is -2.14. The number of nitrogens with two attached hydrogens (primary N) is 1. The summed E-state index contributed by atoms with van der Waals surface area (Å²) in [6.45, 7) is 0. The van der Waals surface area contributed by atoms with Gasteiger partial charge in [-0.05, 0) is 46.2 Å². The molecule has 0 aliphatic rings. The van der Waals surface area contributed by atoms with Crippen molar-refractivity contribution in [2.75, 3.05) is 0 Å². The molecular formula is C12H9BrF3NS. The second kappa shape index (κ2) is 5.03. The fourth-order valence-corrected chi connectivity index (χ4v) is 2.78. The fraction of sp³-hybridized carbons (Fsp3) is 0.167. The summed E-state index contributed by atoms with van der Waals surface area (Å²) in [6, 6.07) is 4.75. The average Bonchev–Trinajstić information content (AvgIpc) is 2.80. The largest absolute Gasteiger partial charge is 0.416 e. The first-order valence-corrected chi connectivity index (χ1v) is 6.77. The molecule has 1 nitrogen and oxygen atoms in total. The maximum Gasteiger partial charge on any atom is 0.416 e. The van der Waals surface area contributed by atoms with Gasteiger partial charge in [-0.3, -0.25) is 0 Å². The van der Waals surface area contributed by atoms with Gasteiger partial charge in [0.1, 0.15) is 0 Å². The normalized spacial score (nSPS) is 13.6. The molecule has 0 aliphatic heterocycles. The Morgan fingerprint density at radius 1 is 1.22 bits per heavy atom. The molecule has 0 unspecified atom stereocenters. The van der Waals surface area contributed by atoms with E-state index in [-0.39, 0.29) is 0 Å². The zero-order valence-electron chi connectivity index (χ0n) is 9.04. The molecule has 0 amide bonds. The summed E-state index contributed by atoms with van der Waals surface area (Å²) in [6.07, 6.45) is -4.36. The van der Waals surface area contributed by atoms with Crippen molar-refractivity contribution in [3.63, 3.8) is 0 Å². The summed E-state index contributed by atoms with van der Waals surface area (Å²) in [4.78, 5) is 0. The van der Waals surface area contributed by atoms with Crippen molar-refractivity contribution in [2.24, 2.45) is 5.73 Å². The summed E-state index contributed by atoms with van der Waals surface area (Å²) < 4.78 is 38.5. The van der Waals surface area contributed by atoms with E-state index in [1.165, 1.54) is 17.4 Å². The van der Waals surface area contributed by atoms with Crippen molar-refractivity contribution in [3.8, 4) is 0 Å². The van der Waals surface area contributed by atoms with Gasteiger partial charge in [0.05, 0.1) is 11.6 Å². The Labute approximate surface area is 115 Å². The maximum atomic E-state index is 12.7. The molecule has 0 saturated carbocycles. The van der Waals surface area contributed by atoms with Crippen LogP contribution in [0.4, 0.5) is 13.2 Å². The van der Waals surface area contributed by atoms with Crippen molar-refractivity contribution < 1.29 is 13.2 Å². The Hall–Kier alpha value is -0.850. The van der Waals surface area contributed by atoms with Crippen LogP contribution in [0.3, 0.4) is 0 Å². The van der Waals surface area contributed by atoms with Crippen LogP contribution in [-0.4, -0.2) is 0 Å². The number of rotatable bonds is 2. The highest BCUT2D eigenvalue weighted by molar-refractivity contribution is 9.10. The van der Waals surface area contributed by atoms with E-state index >= 15 is 0 Å². The van der Waals surface area contributed by atoms with Gasteiger partial charge < -0.3 is 5.73 Å². The summed E-state index contributed by atoms with van der Waals surface area (Å²) in [5.41, 5.74) is 6.53. The Bertz CT molecular complexity index is 537. The summed E-state index contributed by atoms with van der Waals surface area (Å²) in [5, 5.41) is 3.67. The molecule has 6 heteroatoms. The lowest BCUT2D eigenvalue weighted by Gasteiger charge is -2.15. The van der Waals surface area contributed by atoms with Crippen molar-refractivity contribution in [1.82, 2.24) is 0 Å².